The standard InChI is InChI=1S/C28H32N2O4S/c1-29-27(35)30-18-22(31)17-21(30)19-34-28(20-11-5-4-6-12-20,23-13-7-9-15-25(23)32-2)24-14-8-10-16-26(24)33-3/h4-16,21-22,31H,17-19H2,1-3H3,(H,29,35). The molecular weight excluding hydrogens is 460 g/mol. The number of likely N-dealkylation sites (tertiary alicyclic amines) is 1. The summed E-state index contributed by atoms with van der Waals surface area (Å²) in [5, 5.41) is 14.1. The molecule has 0 amide bonds. The normalized spacial score (nSPS) is 17.8. The third-order valence-electron chi connectivity index (χ3n) is 6.51. The van der Waals surface area contributed by atoms with E-state index in [1.807, 2.05) is 71.6 Å². The van der Waals surface area contributed by atoms with Crippen molar-refractivity contribution >= 4 is 17.3 Å². The quantitative estimate of drug-likeness (QED) is 0.365. The maximum absolute atomic E-state index is 10.4. The first-order valence-corrected chi connectivity index (χ1v) is 12.1. The molecule has 184 valence electrons. The van der Waals surface area contributed by atoms with Crippen LogP contribution in [0.5, 0.6) is 11.5 Å². The minimum Gasteiger partial charge on any atom is -0.496 e. The second kappa shape index (κ2) is 11.1. The van der Waals surface area contributed by atoms with E-state index >= 15 is 0 Å². The number of nitrogens with one attached hydrogen (secondary N) is 1. The van der Waals surface area contributed by atoms with Crippen LogP contribution in [0.4, 0.5) is 0 Å². The molecule has 2 N–H and O–H groups in total. The minimum absolute atomic E-state index is 0.0996. The van der Waals surface area contributed by atoms with E-state index < -0.39 is 11.7 Å². The molecule has 2 atom stereocenters. The first kappa shape index (κ1) is 25.0. The Bertz CT molecular complexity index is 1090. The molecule has 1 saturated heterocycles. The Morgan fingerprint density at radius 1 is 0.943 bits per heavy atom. The molecule has 0 aliphatic carbocycles. The van der Waals surface area contributed by atoms with Crippen molar-refractivity contribution < 1.29 is 19.3 Å². The van der Waals surface area contributed by atoms with E-state index in [9.17, 15) is 5.11 Å². The van der Waals surface area contributed by atoms with Gasteiger partial charge in [-0.3, -0.25) is 0 Å². The average molecular weight is 493 g/mol. The number of aliphatic hydroxyl groups is 1. The van der Waals surface area contributed by atoms with E-state index in [1.165, 1.54) is 0 Å². The van der Waals surface area contributed by atoms with Gasteiger partial charge in [-0.05, 0) is 36.3 Å². The van der Waals surface area contributed by atoms with Crippen molar-refractivity contribution in [2.24, 2.45) is 0 Å². The summed E-state index contributed by atoms with van der Waals surface area (Å²) in [5.74, 6) is 1.41. The van der Waals surface area contributed by atoms with Crippen LogP contribution in [0.2, 0.25) is 0 Å². The van der Waals surface area contributed by atoms with Crippen LogP contribution in [0, 0.1) is 0 Å². The zero-order valence-electron chi connectivity index (χ0n) is 20.3. The highest BCUT2D eigenvalue weighted by Gasteiger charge is 2.44. The molecule has 1 aliphatic rings. The molecular formula is C28H32N2O4S. The number of hydrogen-bond donors (Lipinski definition) is 2. The van der Waals surface area contributed by atoms with E-state index in [-0.39, 0.29) is 6.04 Å². The number of methoxy groups -OCH3 is 2. The van der Waals surface area contributed by atoms with E-state index in [0.717, 1.165) is 16.7 Å². The fourth-order valence-corrected chi connectivity index (χ4v) is 5.13. The number of rotatable bonds is 8. The second-order valence-electron chi connectivity index (χ2n) is 8.51. The van der Waals surface area contributed by atoms with Gasteiger partial charge in [-0.15, -0.1) is 0 Å². The van der Waals surface area contributed by atoms with Crippen molar-refractivity contribution in [1.82, 2.24) is 10.2 Å². The lowest BCUT2D eigenvalue weighted by Crippen LogP contribution is -2.45. The van der Waals surface area contributed by atoms with Crippen molar-refractivity contribution in [3.63, 3.8) is 0 Å². The van der Waals surface area contributed by atoms with Gasteiger partial charge in [0.25, 0.3) is 0 Å². The van der Waals surface area contributed by atoms with E-state index in [0.29, 0.717) is 36.2 Å². The van der Waals surface area contributed by atoms with Crippen LogP contribution in [0.3, 0.4) is 0 Å². The number of benzene rings is 3. The van der Waals surface area contributed by atoms with Gasteiger partial charge in [0.2, 0.25) is 0 Å². The molecule has 3 aromatic rings. The molecule has 35 heavy (non-hydrogen) atoms. The molecule has 2 unspecified atom stereocenters. The van der Waals surface area contributed by atoms with Crippen LogP contribution in [0.25, 0.3) is 0 Å². The Kier molecular flexibility index (Phi) is 7.90. The highest BCUT2D eigenvalue weighted by Crippen LogP contribution is 2.47. The van der Waals surface area contributed by atoms with Gasteiger partial charge in [0, 0.05) is 24.7 Å². The number of nitrogens with zero attached hydrogens (tertiary/aromatic N) is 1. The van der Waals surface area contributed by atoms with Gasteiger partial charge >= 0.3 is 0 Å². The predicted molar refractivity (Wildman–Crippen MR) is 141 cm³/mol. The van der Waals surface area contributed by atoms with Crippen molar-refractivity contribution in [2.75, 3.05) is 34.4 Å². The molecule has 0 aromatic heterocycles. The van der Waals surface area contributed by atoms with Crippen molar-refractivity contribution in [3.8, 4) is 11.5 Å². The maximum atomic E-state index is 10.4. The van der Waals surface area contributed by atoms with Crippen LogP contribution in [0.1, 0.15) is 23.1 Å². The largest absolute Gasteiger partial charge is 0.496 e. The molecule has 7 heteroatoms. The van der Waals surface area contributed by atoms with Crippen LogP contribution in [-0.4, -0.2) is 61.7 Å². The Morgan fingerprint density at radius 2 is 1.49 bits per heavy atom. The number of hydrogen-bond acceptors (Lipinski definition) is 5. The van der Waals surface area contributed by atoms with Gasteiger partial charge in [0.1, 0.15) is 11.5 Å². The Morgan fingerprint density at radius 3 is 2.03 bits per heavy atom. The lowest BCUT2D eigenvalue weighted by atomic mass is 9.79. The van der Waals surface area contributed by atoms with Crippen LogP contribution in [-0.2, 0) is 10.3 Å². The summed E-state index contributed by atoms with van der Waals surface area (Å²) >= 11 is 5.52. The summed E-state index contributed by atoms with van der Waals surface area (Å²) in [5.41, 5.74) is 1.62. The zero-order chi connectivity index (χ0) is 24.8. The number of thiocarbonyl (C=S) groups is 1. The summed E-state index contributed by atoms with van der Waals surface area (Å²) in [6.07, 6.45) is 0.0865. The van der Waals surface area contributed by atoms with Gasteiger partial charge in [-0.1, -0.05) is 66.7 Å². The van der Waals surface area contributed by atoms with Gasteiger partial charge < -0.3 is 29.5 Å². The molecule has 0 saturated carbocycles. The van der Waals surface area contributed by atoms with Gasteiger partial charge in [-0.2, -0.15) is 0 Å². The third kappa shape index (κ3) is 4.85. The topological polar surface area (TPSA) is 63.2 Å². The summed E-state index contributed by atoms with van der Waals surface area (Å²) in [7, 11) is 5.12. The van der Waals surface area contributed by atoms with Crippen LogP contribution in [0.15, 0.2) is 78.9 Å². The highest BCUT2D eigenvalue weighted by molar-refractivity contribution is 7.80. The van der Waals surface area contributed by atoms with Crippen molar-refractivity contribution in [1.29, 1.82) is 0 Å². The molecule has 1 heterocycles. The predicted octanol–water partition coefficient (Wildman–Crippen LogP) is 3.95. The number of ether oxygens (including phenoxy) is 3. The minimum atomic E-state index is -1.04. The maximum Gasteiger partial charge on any atom is 0.169 e. The zero-order valence-corrected chi connectivity index (χ0v) is 21.1. The van der Waals surface area contributed by atoms with E-state index in [2.05, 4.69) is 17.4 Å². The first-order chi connectivity index (χ1) is 17.0. The van der Waals surface area contributed by atoms with Gasteiger partial charge in [-0.25, -0.2) is 0 Å². The molecule has 0 spiro atoms. The fraction of sp³-hybridized carbons (Fsp3) is 0.321. The molecule has 4 rings (SSSR count). The van der Waals surface area contributed by atoms with E-state index in [1.54, 1.807) is 21.3 Å². The van der Waals surface area contributed by atoms with Crippen LogP contribution < -0.4 is 14.8 Å². The van der Waals surface area contributed by atoms with Crippen molar-refractivity contribution in [2.45, 2.75) is 24.2 Å². The molecule has 1 aliphatic heterocycles. The molecule has 6 nitrogen and oxygen atoms in total. The van der Waals surface area contributed by atoms with Crippen LogP contribution >= 0.6 is 12.2 Å². The fourth-order valence-electron chi connectivity index (χ4n) is 4.90. The third-order valence-corrected chi connectivity index (χ3v) is 6.95. The Balaban J connectivity index is 1.91. The van der Waals surface area contributed by atoms with Gasteiger partial charge in [0.15, 0.2) is 10.7 Å². The first-order valence-electron chi connectivity index (χ1n) is 11.7. The number of para-hydroxylation sites is 2. The molecule has 1 fully saturated rings. The number of β-amino-alcohol motifs (C(OH)–C–C–N with tert-alkyl or cyclic N) is 1. The summed E-state index contributed by atoms with van der Waals surface area (Å²) in [4.78, 5) is 2.00. The summed E-state index contributed by atoms with van der Waals surface area (Å²) < 4.78 is 18.7. The van der Waals surface area contributed by atoms with Crippen molar-refractivity contribution in [3.05, 3.63) is 95.6 Å². The summed E-state index contributed by atoms with van der Waals surface area (Å²) in [6.45, 7) is 0.791. The lowest BCUT2D eigenvalue weighted by molar-refractivity contribution is -0.0104. The molecule has 3 aromatic carbocycles. The summed E-state index contributed by atoms with van der Waals surface area (Å²) in [6, 6.07) is 25.8. The monoisotopic (exact) mass is 492 g/mol. The lowest BCUT2D eigenvalue weighted by Gasteiger charge is -2.39. The van der Waals surface area contributed by atoms with E-state index in [4.69, 9.17) is 26.4 Å². The second-order valence-corrected chi connectivity index (χ2v) is 8.90. The van der Waals surface area contributed by atoms with Gasteiger partial charge in [0.05, 0.1) is 33.0 Å². The Hall–Kier alpha value is -3.13. The average Bonchev–Trinajstić information content (AvgIpc) is 3.30. The molecule has 0 radical (unpaired) electrons. The SMILES string of the molecule is CNC(=S)N1CC(O)CC1COC(c1ccccc1)(c1ccccc1OC)c1ccccc1OC. The Labute approximate surface area is 212 Å². The highest BCUT2D eigenvalue weighted by atomic mass is 32.1. The molecule has 0 bridgehead atoms. The smallest absolute Gasteiger partial charge is 0.169 e. The number of aliphatic hydroxyl groups excluding tert-OH is 1.